The molecule has 1 aliphatic heterocycles. The first kappa shape index (κ1) is 20.2. The molecule has 0 spiro atoms. The summed E-state index contributed by atoms with van der Waals surface area (Å²) in [5.41, 5.74) is 4.99. The van der Waals surface area contributed by atoms with E-state index < -0.39 is 0 Å². The Bertz CT molecular complexity index is 1310. The van der Waals surface area contributed by atoms with Gasteiger partial charge in [-0.05, 0) is 49.7 Å². The Labute approximate surface area is 189 Å². The number of nitrogens with zero attached hydrogens (tertiary/aromatic N) is 4. The molecule has 160 valence electrons. The first-order valence-electron chi connectivity index (χ1n) is 10.2. The van der Waals surface area contributed by atoms with Crippen LogP contribution in [0.3, 0.4) is 0 Å². The molecule has 1 unspecified atom stereocenters. The summed E-state index contributed by atoms with van der Waals surface area (Å²) in [7, 11) is 0. The van der Waals surface area contributed by atoms with Gasteiger partial charge in [-0.1, -0.05) is 35.9 Å². The third-order valence-corrected chi connectivity index (χ3v) is 5.74. The normalized spacial score (nSPS) is 15.3. The van der Waals surface area contributed by atoms with E-state index >= 15 is 0 Å². The van der Waals surface area contributed by atoms with Crippen molar-refractivity contribution >= 4 is 23.3 Å². The molecule has 2 N–H and O–H groups in total. The predicted octanol–water partition coefficient (Wildman–Crippen LogP) is 4.78. The van der Waals surface area contributed by atoms with Gasteiger partial charge in [-0.2, -0.15) is 9.78 Å². The third-order valence-electron chi connectivity index (χ3n) is 5.49. The predicted molar refractivity (Wildman–Crippen MR) is 122 cm³/mol. The molecule has 0 fully saturated rings. The number of rotatable bonds is 3. The number of hydrogen-bond acceptors (Lipinski definition) is 5. The molecule has 0 radical (unpaired) electrons. The van der Waals surface area contributed by atoms with Crippen molar-refractivity contribution in [2.24, 2.45) is 0 Å². The van der Waals surface area contributed by atoms with E-state index in [0.29, 0.717) is 16.8 Å². The van der Waals surface area contributed by atoms with E-state index in [-0.39, 0.29) is 24.0 Å². The molecular weight excluding hydrogens is 426 g/mol. The van der Waals surface area contributed by atoms with Crippen molar-refractivity contribution in [1.29, 1.82) is 0 Å². The van der Waals surface area contributed by atoms with E-state index in [9.17, 15) is 9.90 Å². The van der Waals surface area contributed by atoms with Crippen LogP contribution in [-0.4, -0.2) is 30.8 Å². The van der Waals surface area contributed by atoms with Crippen LogP contribution in [0.2, 0.25) is 5.02 Å². The van der Waals surface area contributed by atoms with Gasteiger partial charge in [0.25, 0.3) is 5.95 Å². The maximum Gasteiger partial charge on any atom is 0.252 e. The molecule has 7 nitrogen and oxygen atoms in total. The Morgan fingerprint density at radius 2 is 1.69 bits per heavy atom. The molecule has 2 aromatic carbocycles. The smallest absolute Gasteiger partial charge is 0.252 e. The van der Waals surface area contributed by atoms with Crippen molar-refractivity contribution in [2.75, 3.05) is 5.32 Å². The number of carbonyl (C=O) groups is 1. The number of halogens is 1. The number of amides is 1. The minimum atomic E-state index is -0.246. The zero-order valence-electron chi connectivity index (χ0n) is 17.5. The number of aromatic nitrogens is 4. The zero-order chi connectivity index (χ0) is 22.4. The number of benzene rings is 2. The van der Waals surface area contributed by atoms with Crippen LogP contribution >= 0.6 is 11.6 Å². The molecule has 5 rings (SSSR count). The lowest BCUT2D eigenvalue weighted by Gasteiger charge is -2.24. The Morgan fingerprint density at radius 3 is 2.34 bits per heavy atom. The number of phenols is 1. The number of phenolic OH excluding ortho intramolecular Hbond substituents is 1. The van der Waals surface area contributed by atoms with E-state index in [0.717, 1.165) is 33.8 Å². The third kappa shape index (κ3) is 3.61. The maximum absolute atomic E-state index is 12.7. The molecule has 32 heavy (non-hydrogen) atoms. The lowest BCUT2D eigenvalue weighted by molar-refractivity contribution is -0.116. The van der Waals surface area contributed by atoms with E-state index in [1.54, 1.807) is 16.8 Å². The van der Waals surface area contributed by atoms with E-state index in [1.807, 2.05) is 56.3 Å². The second-order valence-electron chi connectivity index (χ2n) is 7.88. The number of carbonyl (C=O) groups excluding carboxylic acids is 1. The van der Waals surface area contributed by atoms with Crippen molar-refractivity contribution in [3.05, 3.63) is 82.1 Å². The van der Waals surface area contributed by atoms with Gasteiger partial charge in [0.05, 0.1) is 5.69 Å². The van der Waals surface area contributed by atoms with Gasteiger partial charge in [0.1, 0.15) is 11.6 Å². The Kier molecular flexibility index (Phi) is 4.90. The molecule has 0 bridgehead atoms. The van der Waals surface area contributed by atoms with Gasteiger partial charge in [0, 0.05) is 39.9 Å². The minimum absolute atomic E-state index is 0.122. The average molecular weight is 446 g/mol. The standard InChI is InChI=1S/C24H20ClN5O2/c1-13-11-14(2)27-24(26-13)30-23-21(22(29-30)16-3-7-17(25)8-4-16)19(12-20(32)28-23)15-5-9-18(31)10-6-15/h3-11,19,31H,12H2,1-2H3,(H,28,32). The average Bonchev–Trinajstić information content (AvgIpc) is 3.13. The SMILES string of the molecule is Cc1cc(C)nc(-n2nc(-c3ccc(Cl)cc3)c3c2NC(=O)CC3c2ccc(O)cc2)n1. The monoisotopic (exact) mass is 445 g/mol. The summed E-state index contributed by atoms with van der Waals surface area (Å²) in [6.07, 6.45) is 0.262. The van der Waals surface area contributed by atoms with Gasteiger partial charge < -0.3 is 10.4 Å². The molecule has 1 aliphatic rings. The fourth-order valence-corrected chi connectivity index (χ4v) is 4.24. The molecule has 0 aliphatic carbocycles. The van der Waals surface area contributed by atoms with Gasteiger partial charge in [-0.25, -0.2) is 9.97 Å². The van der Waals surface area contributed by atoms with Gasteiger partial charge in [0.2, 0.25) is 5.91 Å². The topological polar surface area (TPSA) is 92.9 Å². The summed E-state index contributed by atoms with van der Waals surface area (Å²) in [4.78, 5) is 21.8. The number of nitrogens with one attached hydrogen (secondary N) is 1. The van der Waals surface area contributed by atoms with Gasteiger partial charge in [0.15, 0.2) is 0 Å². The summed E-state index contributed by atoms with van der Waals surface area (Å²) in [5, 5.41) is 18.2. The van der Waals surface area contributed by atoms with Crippen molar-refractivity contribution in [2.45, 2.75) is 26.2 Å². The molecule has 2 aromatic heterocycles. The highest BCUT2D eigenvalue weighted by molar-refractivity contribution is 6.30. The highest BCUT2D eigenvalue weighted by atomic mass is 35.5. The fraction of sp³-hybridized carbons (Fsp3) is 0.167. The molecular formula is C24H20ClN5O2. The van der Waals surface area contributed by atoms with E-state index in [2.05, 4.69) is 15.3 Å². The van der Waals surface area contributed by atoms with Crippen LogP contribution in [0.5, 0.6) is 5.75 Å². The van der Waals surface area contributed by atoms with Gasteiger partial charge >= 0.3 is 0 Å². The van der Waals surface area contributed by atoms with Crippen LogP contribution < -0.4 is 5.32 Å². The lowest BCUT2D eigenvalue weighted by Crippen LogP contribution is -2.25. The van der Waals surface area contributed by atoms with Crippen LogP contribution in [0.15, 0.2) is 54.6 Å². The van der Waals surface area contributed by atoms with Gasteiger partial charge in [-0.15, -0.1) is 0 Å². The van der Waals surface area contributed by atoms with Crippen molar-refractivity contribution < 1.29 is 9.90 Å². The van der Waals surface area contributed by atoms with Crippen molar-refractivity contribution in [1.82, 2.24) is 19.7 Å². The van der Waals surface area contributed by atoms with Gasteiger partial charge in [-0.3, -0.25) is 4.79 Å². The van der Waals surface area contributed by atoms with Crippen LogP contribution in [0.25, 0.3) is 17.2 Å². The first-order chi connectivity index (χ1) is 15.4. The molecule has 1 atom stereocenters. The number of anilines is 1. The van der Waals surface area contributed by atoms with Crippen LogP contribution in [-0.2, 0) is 4.79 Å². The fourth-order valence-electron chi connectivity index (χ4n) is 4.11. The number of fused-ring (bicyclic) bond motifs is 1. The number of aryl methyl sites for hydroxylation is 2. The highest BCUT2D eigenvalue weighted by Crippen LogP contribution is 2.44. The van der Waals surface area contributed by atoms with Crippen LogP contribution in [0.1, 0.15) is 34.9 Å². The maximum atomic E-state index is 12.7. The molecule has 8 heteroatoms. The second-order valence-corrected chi connectivity index (χ2v) is 8.31. The van der Waals surface area contributed by atoms with Crippen LogP contribution in [0.4, 0.5) is 5.82 Å². The van der Waals surface area contributed by atoms with Crippen molar-refractivity contribution in [3.63, 3.8) is 0 Å². The quantitative estimate of drug-likeness (QED) is 0.473. The summed E-state index contributed by atoms with van der Waals surface area (Å²) < 4.78 is 1.60. The zero-order valence-corrected chi connectivity index (χ0v) is 18.3. The molecule has 0 saturated heterocycles. The second kappa shape index (κ2) is 7.76. The van der Waals surface area contributed by atoms with Crippen LogP contribution in [0, 0.1) is 13.8 Å². The largest absolute Gasteiger partial charge is 0.508 e. The van der Waals surface area contributed by atoms with E-state index in [4.69, 9.17) is 16.7 Å². The summed E-state index contributed by atoms with van der Waals surface area (Å²) in [6, 6.07) is 16.2. The highest BCUT2D eigenvalue weighted by Gasteiger charge is 2.35. The number of aromatic hydroxyl groups is 1. The summed E-state index contributed by atoms with van der Waals surface area (Å²) >= 11 is 6.11. The lowest BCUT2D eigenvalue weighted by atomic mass is 9.84. The Hall–Kier alpha value is -3.71. The summed E-state index contributed by atoms with van der Waals surface area (Å²) in [5.74, 6) is 0.750. The Balaban J connectivity index is 1.78. The summed E-state index contributed by atoms with van der Waals surface area (Å²) in [6.45, 7) is 3.79. The number of hydrogen-bond donors (Lipinski definition) is 2. The minimum Gasteiger partial charge on any atom is -0.508 e. The molecule has 3 heterocycles. The molecule has 1 amide bonds. The first-order valence-corrected chi connectivity index (χ1v) is 10.6. The van der Waals surface area contributed by atoms with E-state index in [1.165, 1.54) is 0 Å². The molecule has 0 saturated carbocycles. The Morgan fingerprint density at radius 1 is 1.03 bits per heavy atom. The van der Waals surface area contributed by atoms with Crippen molar-refractivity contribution in [3.8, 4) is 23.0 Å². The molecule has 4 aromatic rings.